The first-order chi connectivity index (χ1) is 25.3. The Balaban J connectivity index is 3.94. The molecule has 0 heterocycles. The van der Waals surface area contributed by atoms with Gasteiger partial charge in [-0.05, 0) is 51.4 Å². The monoisotopic (exact) mass is 755 g/mol. The molecule has 0 aliphatic carbocycles. The number of allylic oxidation sites excluding steroid dienone is 6. The zero-order valence-corrected chi connectivity index (χ0v) is 34.4. The first kappa shape index (κ1) is 50.3. The quantitative estimate of drug-likeness (QED) is 0.0275. The predicted molar refractivity (Wildman–Crippen MR) is 216 cm³/mol. The van der Waals surface area contributed by atoms with Gasteiger partial charge in [-0.15, -0.1) is 0 Å². The lowest BCUT2D eigenvalue weighted by Gasteiger charge is -2.18. The number of esters is 2. The number of hydrogen-bond acceptors (Lipinski definition) is 6. The topological polar surface area (TPSA) is 119 Å². The van der Waals surface area contributed by atoms with Crippen molar-refractivity contribution in [3.05, 3.63) is 36.5 Å². The number of phosphoric acid groups is 1. The first-order valence-corrected chi connectivity index (χ1v) is 22.8. The SMILES string of the molecule is CCCCC/C=C/C/C=C/C/C=C/CCCCCCC(=O)O[C@H](COC(=O)CCCCCCCCCCCCCCCCCCC)COP(=O)(O)O. The van der Waals surface area contributed by atoms with E-state index in [1.165, 1.54) is 116 Å². The Morgan fingerprint density at radius 1 is 0.500 bits per heavy atom. The summed E-state index contributed by atoms with van der Waals surface area (Å²) in [6.07, 6.45) is 45.8. The summed E-state index contributed by atoms with van der Waals surface area (Å²) >= 11 is 0. The van der Waals surface area contributed by atoms with Crippen LogP contribution in [0.3, 0.4) is 0 Å². The highest BCUT2D eigenvalue weighted by atomic mass is 31.2. The highest BCUT2D eigenvalue weighted by molar-refractivity contribution is 7.46. The van der Waals surface area contributed by atoms with Crippen LogP contribution in [0.25, 0.3) is 0 Å². The third-order valence-corrected chi connectivity index (χ3v) is 9.65. The molecule has 52 heavy (non-hydrogen) atoms. The molecule has 9 heteroatoms. The average Bonchev–Trinajstić information content (AvgIpc) is 3.11. The van der Waals surface area contributed by atoms with Crippen molar-refractivity contribution in [1.29, 1.82) is 0 Å². The van der Waals surface area contributed by atoms with Crippen LogP contribution in [0, 0.1) is 0 Å². The number of unbranched alkanes of at least 4 members (excludes halogenated alkanes) is 23. The molecule has 0 bridgehead atoms. The van der Waals surface area contributed by atoms with Gasteiger partial charge in [0.15, 0.2) is 6.10 Å². The second-order valence-electron chi connectivity index (χ2n) is 14.3. The fourth-order valence-corrected chi connectivity index (χ4v) is 6.33. The average molecular weight is 755 g/mol. The van der Waals surface area contributed by atoms with E-state index in [0.717, 1.165) is 57.8 Å². The van der Waals surface area contributed by atoms with E-state index >= 15 is 0 Å². The molecular formula is C43H79O8P. The number of hydrogen-bond donors (Lipinski definition) is 2. The standard InChI is InChI=1S/C43H79O8P/c1-3-5-7-9-11-13-15-17-19-21-23-25-27-29-31-33-35-37-42(44)49-39-41(40-50-52(46,47)48)51-43(45)38-36-34-32-30-28-26-24-22-20-18-16-14-12-10-8-6-4-2/h12,14,18,20,24,26,41H,3-11,13,15-17,19,21-23,25,27-40H2,1-2H3,(H2,46,47,48)/b14-12+,20-18+,26-24+/t41-/m1/s1. The third-order valence-electron chi connectivity index (χ3n) is 9.16. The number of phosphoric ester groups is 1. The minimum absolute atomic E-state index is 0.188. The van der Waals surface area contributed by atoms with Crippen molar-refractivity contribution in [2.75, 3.05) is 13.2 Å². The van der Waals surface area contributed by atoms with Gasteiger partial charge in [0.05, 0.1) is 6.61 Å². The van der Waals surface area contributed by atoms with Gasteiger partial charge < -0.3 is 19.3 Å². The fraction of sp³-hybridized carbons (Fsp3) is 0.814. The Bertz CT molecular complexity index is 941. The molecule has 0 rings (SSSR count). The normalized spacial score (nSPS) is 12.8. The molecule has 0 unspecified atom stereocenters. The zero-order valence-electron chi connectivity index (χ0n) is 33.5. The highest BCUT2D eigenvalue weighted by Gasteiger charge is 2.22. The molecule has 0 aromatic carbocycles. The Kier molecular flexibility index (Phi) is 37.7. The Morgan fingerprint density at radius 3 is 1.33 bits per heavy atom. The fourth-order valence-electron chi connectivity index (χ4n) is 5.97. The molecule has 0 saturated carbocycles. The number of ether oxygens (including phenoxy) is 2. The van der Waals surface area contributed by atoms with E-state index in [4.69, 9.17) is 19.3 Å². The van der Waals surface area contributed by atoms with Crippen molar-refractivity contribution >= 4 is 19.8 Å². The molecule has 0 aromatic heterocycles. The lowest BCUT2D eigenvalue weighted by Crippen LogP contribution is -2.29. The molecule has 0 radical (unpaired) electrons. The van der Waals surface area contributed by atoms with Crippen molar-refractivity contribution in [3.63, 3.8) is 0 Å². The van der Waals surface area contributed by atoms with E-state index in [9.17, 15) is 14.2 Å². The van der Waals surface area contributed by atoms with Crippen LogP contribution in [-0.4, -0.2) is 41.0 Å². The predicted octanol–water partition coefficient (Wildman–Crippen LogP) is 13.0. The second-order valence-corrected chi connectivity index (χ2v) is 15.6. The number of carbonyl (C=O) groups is 2. The van der Waals surface area contributed by atoms with Crippen LogP contribution in [0.15, 0.2) is 36.5 Å². The summed E-state index contributed by atoms with van der Waals surface area (Å²) in [5.74, 6) is -0.903. The first-order valence-electron chi connectivity index (χ1n) is 21.3. The van der Waals surface area contributed by atoms with E-state index in [2.05, 4.69) is 54.8 Å². The van der Waals surface area contributed by atoms with Crippen LogP contribution < -0.4 is 0 Å². The van der Waals surface area contributed by atoms with Crippen LogP contribution in [-0.2, 0) is 28.2 Å². The highest BCUT2D eigenvalue weighted by Crippen LogP contribution is 2.36. The molecule has 304 valence electrons. The summed E-state index contributed by atoms with van der Waals surface area (Å²) in [7, 11) is -4.76. The smallest absolute Gasteiger partial charge is 0.462 e. The van der Waals surface area contributed by atoms with E-state index in [0.29, 0.717) is 6.42 Å². The molecule has 0 amide bonds. The molecule has 8 nitrogen and oxygen atoms in total. The second kappa shape index (κ2) is 39.0. The van der Waals surface area contributed by atoms with Gasteiger partial charge in [0, 0.05) is 12.8 Å². The number of carbonyl (C=O) groups excluding carboxylic acids is 2. The van der Waals surface area contributed by atoms with Crippen molar-refractivity contribution in [1.82, 2.24) is 0 Å². The summed E-state index contributed by atoms with van der Waals surface area (Å²) in [6, 6.07) is 0. The van der Waals surface area contributed by atoms with Crippen LogP contribution >= 0.6 is 7.82 Å². The summed E-state index contributed by atoms with van der Waals surface area (Å²) in [6.45, 7) is 3.65. The van der Waals surface area contributed by atoms with Crippen molar-refractivity contribution in [2.45, 2.75) is 213 Å². The Morgan fingerprint density at radius 2 is 0.865 bits per heavy atom. The molecule has 1 atom stereocenters. The molecule has 0 aliphatic heterocycles. The lowest BCUT2D eigenvalue weighted by atomic mass is 10.0. The van der Waals surface area contributed by atoms with Gasteiger partial charge in [0.1, 0.15) is 6.61 Å². The maximum Gasteiger partial charge on any atom is 0.469 e. The van der Waals surface area contributed by atoms with Crippen molar-refractivity contribution in [3.8, 4) is 0 Å². The third kappa shape index (κ3) is 41.0. The minimum atomic E-state index is -4.76. The number of rotatable bonds is 39. The zero-order chi connectivity index (χ0) is 38.2. The summed E-state index contributed by atoms with van der Waals surface area (Å²) in [5.41, 5.74) is 0. The molecule has 0 aromatic rings. The van der Waals surface area contributed by atoms with E-state index < -0.39 is 32.5 Å². The largest absolute Gasteiger partial charge is 0.469 e. The lowest BCUT2D eigenvalue weighted by molar-refractivity contribution is -0.161. The van der Waals surface area contributed by atoms with E-state index in [-0.39, 0.29) is 19.4 Å². The van der Waals surface area contributed by atoms with Crippen molar-refractivity contribution < 1.29 is 37.9 Å². The van der Waals surface area contributed by atoms with E-state index in [1.807, 2.05) is 0 Å². The van der Waals surface area contributed by atoms with Gasteiger partial charge in [-0.3, -0.25) is 14.1 Å². The van der Waals surface area contributed by atoms with E-state index in [1.54, 1.807) is 0 Å². The molecule has 0 aliphatic rings. The van der Waals surface area contributed by atoms with Gasteiger partial charge in [-0.1, -0.05) is 179 Å². The van der Waals surface area contributed by atoms with Gasteiger partial charge in [0.2, 0.25) is 0 Å². The van der Waals surface area contributed by atoms with Crippen LogP contribution in [0.2, 0.25) is 0 Å². The van der Waals surface area contributed by atoms with Gasteiger partial charge in [-0.25, -0.2) is 4.57 Å². The summed E-state index contributed by atoms with van der Waals surface area (Å²) in [5, 5.41) is 0. The Labute approximate surface area is 319 Å². The molecule has 2 N–H and O–H groups in total. The molecule has 0 spiro atoms. The molecular weight excluding hydrogens is 675 g/mol. The van der Waals surface area contributed by atoms with Gasteiger partial charge >= 0.3 is 19.8 Å². The van der Waals surface area contributed by atoms with Crippen LogP contribution in [0.1, 0.15) is 206 Å². The van der Waals surface area contributed by atoms with Gasteiger partial charge in [-0.2, -0.15) is 0 Å². The maximum absolute atomic E-state index is 12.4. The molecule has 0 fully saturated rings. The summed E-state index contributed by atoms with van der Waals surface area (Å²) in [4.78, 5) is 42.8. The minimum Gasteiger partial charge on any atom is -0.462 e. The molecule has 0 saturated heterocycles. The van der Waals surface area contributed by atoms with Crippen LogP contribution in [0.4, 0.5) is 0 Å². The maximum atomic E-state index is 12.4. The summed E-state index contributed by atoms with van der Waals surface area (Å²) < 4.78 is 26.4. The Hall–Kier alpha value is -1.73. The van der Waals surface area contributed by atoms with Gasteiger partial charge in [0.25, 0.3) is 0 Å². The van der Waals surface area contributed by atoms with Crippen molar-refractivity contribution in [2.24, 2.45) is 0 Å². The van der Waals surface area contributed by atoms with Crippen LogP contribution in [0.5, 0.6) is 0 Å².